The van der Waals surface area contributed by atoms with E-state index >= 15 is 0 Å². The number of carbonyl (C=O) groups excluding carboxylic acids is 1. The molecule has 0 bridgehead atoms. The summed E-state index contributed by atoms with van der Waals surface area (Å²) in [5, 5.41) is 8.73. The van der Waals surface area contributed by atoms with E-state index < -0.39 is 6.04 Å². The molecule has 0 saturated heterocycles. The zero-order valence-corrected chi connectivity index (χ0v) is 12.0. The van der Waals surface area contributed by atoms with Crippen molar-refractivity contribution in [2.45, 2.75) is 33.4 Å². The second kappa shape index (κ2) is 5.85. The number of likely N-dealkylation sites (N-methyl/N-ethyl adjacent to an activating group) is 1. The minimum atomic E-state index is -0.518. The molecule has 0 aliphatic heterocycles. The lowest BCUT2D eigenvalue weighted by Crippen LogP contribution is -2.48. The standard InChI is InChI=1S/C15H21N3O/c1-15(2,3)13(17)14(19)18(4)10-12-7-5-11(9-16)6-8-12/h5-8,13H,10,17H2,1-4H3/t13-/m0/s1. The maximum absolute atomic E-state index is 12.2. The second-order valence-electron chi connectivity index (χ2n) is 5.85. The van der Waals surface area contributed by atoms with E-state index in [0.717, 1.165) is 5.56 Å². The van der Waals surface area contributed by atoms with Crippen molar-refractivity contribution in [2.24, 2.45) is 11.1 Å². The molecule has 0 unspecified atom stereocenters. The van der Waals surface area contributed by atoms with Gasteiger partial charge < -0.3 is 10.6 Å². The second-order valence-corrected chi connectivity index (χ2v) is 5.85. The van der Waals surface area contributed by atoms with Gasteiger partial charge in [-0.05, 0) is 23.1 Å². The highest BCUT2D eigenvalue weighted by atomic mass is 16.2. The lowest BCUT2D eigenvalue weighted by atomic mass is 9.86. The fraction of sp³-hybridized carbons (Fsp3) is 0.467. The number of nitrogens with two attached hydrogens (primary N) is 1. The lowest BCUT2D eigenvalue weighted by Gasteiger charge is -2.30. The molecule has 1 aromatic carbocycles. The SMILES string of the molecule is CN(Cc1ccc(C#N)cc1)C(=O)[C@H](N)C(C)(C)C. The minimum absolute atomic E-state index is 0.0724. The zero-order chi connectivity index (χ0) is 14.6. The van der Waals surface area contributed by atoms with Crippen LogP contribution in [0.1, 0.15) is 31.9 Å². The van der Waals surface area contributed by atoms with Gasteiger partial charge in [0.25, 0.3) is 0 Å². The van der Waals surface area contributed by atoms with E-state index in [1.165, 1.54) is 0 Å². The first kappa shape index (κ1) is 15.2. The summed E-state index contributed by atoms with van der Waals surface area (Å²) in [5.41, 5.74) is 7.30. The number of hydrogen-bond donors (Lipinski definition) is 1. The average Bonchev–Trinajstić information content (AvgIpc) is 2.36. The first-order valence-corrected chi connectivity index (χ1v) is 6.25. The van der Waals surface area contributed by atoms with E-state index in [2.05, 4.69) is 6.07 Å². The molecular weight excluding hydrogens is 238 g/mol. The topological polar surface area (TPSA) is 70.1 Å². The molecule has 0 aromatic heterocycles. The zero-order valence-electron chi connectivity index (χ0n) is 12.0. The van der Waals surface area contributed by atoms with Crippen LogP contribution in [0.3, 0.4) is 0 Å². The average molecular weight is 259 g/mol. The van der Waals surface area contributed by atoms with Crippen molar-refractivity contribution in [1.82, 2.24) is 4.90 Å². The molecule has 0 heterocycles. The molecule has 0 saturated carbocycles. The van der Waals surface area contributed by atoms with E-state index in [1.54, 1.807) is 24.1 Å². The highest BCUT2D eigenvalue weighted by Crippen LogP contribution is 2.19. The molecular formula is C15H21N3O. The number of nitrogens with zero attached hydrogens (tertiary/aromatic N) is 2. The predicted molar refractivity (Wildman–Crippen MR) is 75.1 cm³/mol. The van der Waals surface area contributed by atoms with Crippen LogP contribution in [0.4, 0.5) is 0 Å². The monoisotopic (exact) mass is 259 g/mol. The fourth-order valence-corrected chi connectivity index (χ4v) is 1.64. The Kier molecular flexibility index (Phi) is 4.68. The quantitative estimate of drug-likeness (QED) is 0.901. The van der Waals surface area contributed by atoms with Crippen molar-refractivity contribution >= 4 is 5.91 Å². The Morgan fingerprint density at radius 3 is 2.32 bits per heavy atom. The Morgan fingerprint density at radius 2 is 1.89 bits per heavy atom. The van der Waals surface area contributed by atoms with E-state index in [1.807, 2.05) is 32.9 Å². The number of rotatable bonds is 3. The van der Waals surface area contributed by atoms with Crippen LogP contribution in [0.15, 0.2) is 24.3 Å². The van der Waals surface area contributed by atoms with Crippen LogP contribution in [-0.4, -0.2) is 23.9 Å². The summed E-state index contributed by atoms with van der Waals surface area (Å²) < 4.78 is 0. The predicted octanol–water partition coefficient (Wildman–Crippen LogP) is 1.89. The summed E-state index contributed by atoms with van der Waals surface area (Å²) in [6.07, 6.45) is 0. The maximum Gasteiger partial charge on any atom is 0.240 e. The van der Waals surface area contributed by atoms with E-state index in [9.17, 15) is 4.79 Å². The van der Waals surface area contributed by atoms with Crippen LogP contribution >= 0.6 is 0 Å². The van der Waals surface area contributed by atoms with Crippen LogP contribution in [0.2, 0.25) is 0 Å². The summed E-state index contributed by atoms with van der Waals surface area (Å²) in [4.78, 5) is 13.8. The fourth-order valence-electron chi connectivity index (χ4n) is 1.64. The number of benzene rings is 1. The van der Waals surface area contributed by atoms with Crippen molar-refractivity contribution in [3.63, 3.8) is 0 Å². The Hall–Kier alpha value is -1.86. The molecule has 4 heteroatoms. The van der Waals surface area contributed by atoms with Gasteiger partial charge in [-0.3, -0.25) is 4.79 Å². The highest BCUT2D eigenvalue weighted by Gasteiger charge is 2.29. The molecule has 1 rings (SSSR count). The van der Waals surface area contributed by atoms with Gasteiger partial charge in [-0.1, -0.05) is 32.9 Å². The van der Waals surface area contributed by atoms with Crippen LogP contribution < -0.4 is 5.73 Å². The van der Waals surface area contributed by atoms with E-state index in [0.29, 0.717) is 12.1 Å². The number of nitriles is 1. The Bertz CT molecular complexity index is 480. The molecule has 0 aliphatic carbocycles. The molecule has 1 atom stereocenters. The third-order valence-electron chi connectivity index (χ3n) is 3.08. The lowest BCUT2D eigenvalue weighted by molar-refractivity contribution is -0.134. The number of amides is 1. The molecule has 1 amide bonds. The first-order chi connectivity index (χ1) is 8.75. The van der Waals surface area contributed by atoms with Gasteiger partial charge in [0.1, 0.15) is 0 Å². The summed E-state index contributed by atoms with van der Waals surface area (Å²) in [7, 11) is 1.74. The largest absolute Gasteiger partial charge is 0.340 e. The summed E-state index contributed by atoms with van der Waals surface area (Å²) >= 11 is 0. The van der Waals surface area contributed by atoms with Crippen molar-refractivity contribution in [1.29, 1.82) is 5.26 Å². The highest BCUT2D eigenvalue weighted by molar-refractivity contribution is 5.82. The third-order valence-corrected chi connectivity index (χ3v) is 3.08. The van der Waals surface area contributed by atoms with Gasteiger partial charge in [0.15, 0.2) is 0 Å². The van der Waals surface area contributed by atoms with E-state index in [4.69, 9.17) is 11.0 Å². The van der Waals surface area contributed by atoms with Crippen molar-refractivity contribution in [3.8, 4) is 6.07 Å². The molecule has 2 N–H and O–H groups in total. The first-order valence-electron chi connectivity index (χ1n) is 6.25. The van der Waals surface area contributed by atoms with E-state index in [-0.39, 0.29) is 11.3 Å². The van der Waals surface area contributed by atoms with Crippen LogP contribution in [0.5, 0.6) is 0 Å². The van der Waals surface area contributed by atoms with Gasteiger partial charge >= 0.3 is 0 Å². The molecule has 0 spiro atoms. The molecule has 0 fully saturated rings. The molecule has 1 aromatic rings. The summed E-state index contributed by atoms with van der Waals surface area (Å²) in [6, 6.07) is 8.75. The normalized spacial score (nSPS) is 12.6. The Morgan fingerprint density at radius 1 is 1.37 bits per heavy atom. The Balaban J connectivity index is 2.71. The molecule has 102 valence electrons. The van der Waals surface area contributed by atoms with Crippen molar-refractivity contribution in [2.75, 3.05) is 7.05 Å². The van der Waals surface area contributed by atoms with Gasteiger partial charge in [-0.25, -0.2) is 0 Å². The van der Waals surface area contributed by atoms with Crippen molar-refractivity contribution in [3.05, 3.63) is 35.4 Å². The smallest absolute Gasteiger partial charge is 0.240 e. The minimum Gasteiger partial charge on any atom is -0.340 e. The summed E-state index contributed by atoms with van der Waals surface area (Å²) in [6.45, 7) is 6.34. The molecule has 19 heavy (non-hydrogen) atoms. The maximum atomic E-state index is 12.2. The number of carbonyl (C=O) groups is 1. The van der Waals surface area contributed by atoms with Gasteiger partial charge in [0.05, 0.1) is 17.7 Å². The third kappa shape index (κ3) is 4.08. The summed E-state index contributed by atoms with van der Waals surface area (Å²) in [5.74, 6) is -0.0724. The van der Waals surface area contributed by atoms with Gasteiger partial charge in [-0.15, -0.1) is 0 Å². The van der Waals surface area contributed by atoms with Crippen LogP contribution in [0, 0.1) is 16.7 Å². The Labute approximate surface area is 114 Å². The van der Waals surface area contributed by atoms with Gasteiger partial charge in [0.2, 0.25) is 5.91 Å². The van der Waals surface area contributed by atoms with Gasteiger partial charge in [-0.2, -0.15) is 5.26 Å². The molecule has 0 radical (unpaired) electrons. The molecule has 4 nitrogen and oxygen atoms in total. The number of hydrogen-bond acceptors (Lipinski definition) is 3. The molecule has 0 aliphatic rings. The van der Waals surface area contributed by atoms with Crippen molar-refractivity contribution < 1.29 is 4.79 Å². The van der Waals surface area contributed by atoms with Crippen LogP contribution in [0.25, 0.3) is 0 Å². The van der Waals surface area contributed by atoms with Gasteiger partial charge in [0, 0.05) is 13.6 Å². The van der Waals surface area contributed by atoms with Crippen LogP contribution in [-0.2, 0) is 11.3 Å².